The zero-order valence-electron chi connectivity index (χ0n) is 48.3. The third-order valence-electron chi connectivity index (χ3n) is 19.1. The SMILES string of the molecule is C.CCn1nccc1-c1ccc(CNC(=O)C2CCCN2C(=O)C(C(C)C)n2cc3c(n2)c(=O)[nH]c2cc(COc4c(-c5c(C)ccc(N)c5C=N)c(C5CC5)cc5c(N6CC7CC6CN7)nc(OC6CC7(CCNCC7)C6)nc45)ccc23)cc1. The summed E-state index contributed by atoms with van der Waals surface area (Å²) in [6, 6.07) is 21.8. The van der Waals surface area contributed by atoms with Gasteiger partial charge in [-0.15, -0.1) is 0 Å². The fourth-order valence-electron chi connectivity index (χ4n) is 14.5. The first-order valence-electron chi connectivity index (χ1n) is 30.4. The van der Waals surface area contributed by atoms with Crippen molar-refractivity contribution in [2.75, 3.05) is 43.4 Å². The van der Waals surface area contributed by atoms with Crippen molar-refractivity contribution < 1.29 is 19.1 Å². The maximum absolute atomic E-state index is 14.8. The molecule has 442 valence electrons. The van der Waals surface area contributed by atoms with E-state index in [1.807, 2.05) is 79.2 Å². The number of nitrogens with one attached hydrogen (secondary N) is 5. The van der Waals surface area contributed by atoms with E-state index >= 15 is 0 Å². The number of amides is 2. The lowest BCUT2D eigenvalue weighted by molar-refractivity contribution is -0.142. The number of aryl methyl sites for hydroxylation is 2. The van der Waals surface area contributed by atoms with Crippen molar-refractivity contribution in [3.63, 3.8) is 0 Å². The molecule has 0 radical (unpaired) electrons. The number of ether oxygens (including phenoxy) is 2. The van der Waals surface area contributed by atoms with Crippen LogP contribution in [0.15, 0.2) is 83.9 Å². The van der Waals surface area contributed by atoms with Crippen molar-refractivity contribution in [3.8, 4) is 34.1 Å². The molecular weight excluding hydrogens is 1070 g/mol. The van der Waals surface area contributed by atoms with Crippen molar-refractivity contribution >= 4 is 62.2 Å². The molecule has 2 amide bonds. The van der Waals surface area contributed by atoms with Crippen molar-refractivity contribution in [3.05, 3.63) is 117 Å². The van der Waals surface area contributed by atoms with Crippen molar-refractivity contribution in [1.82, 2.24) is 55.4 Å². The maximum Gasteiger partial charge on any atom is 0.319 e. The molecule has 2 saturated carbocycles. The van der Waals surface area contributed by atoms with Gasteiger partial charge in [0.25, 0.3) is 5.56 Å². The average molecular weight is 1150 g/mol. The number of piperazine rings is 1. The van der Waals surface area contributed by atoms with Gasteiger partial charge in [-0.1, -0.05) is 63.7 Å². The Morgan fingerprint density at radius 3 is 2.48 bits per heavy atom. The van der Waals surface area contributed by atoms with E-state index in [4.69, 9.17) is 35.7 Å². The minimum Gasteiger partial charge on any atom is -0.486 e. The van der Waals surface area contributed by atoms with Gasteiger partial charge in [0.2, 0.25) is 11.8 Å². The number of likely N-dealkylation sites (tertiary alicyclic amines) is 1. The second-order valence-corrected chi connectivity index (χ2v) is 24.9. The summed E-state index contributed by atoms with van der Waals surface area (Å²) in [6.07, 6.45) is 13.5. The molecule has 4 saturated heterocycles. The van der Waals surface area contributed by atoms with Crippen LogP contribution in [-0.4, -0.2) is 114 Å². The highest BCUT2D eigenvalue weighted by atomic mass is 16.5. The maximum atomic E-state index is 14.8. The first-order chi connectivity index (χ1) is 40.8. The molecule has 1 spiro atoms. The molecule has 4 aromatic heterocycles. The van der Waals surface area contributed by atoms with Crippen LogP contribution in [0.5, 0.6) is 11.8 Å². The number of fused-ring (bicyclic) bond motifs is 6. The first kappa shape index (κ1) is 56.0. The molecule has 4 unspecified atom stereocenters. The average Bonchev–Trinajstić information content (AvgIpc) is 1.97. The summed E-state index contributed by atoms with van der Waals surface area (Å²) in [6.45, 7) is 13.5. The Hall–Kier alpha value is -8.16. The Kier molecular flexibility index (Phi) is 14.7. The Morgan fingerprint density at radius 1 is 0.953 bits per heavy atom. The number of aromatic nitrogens is 7. The number of hydrogen-bond donors (Lipinski definition) is 6. The molecule has 6 aliphatic rings. The van der Waals surface area contributed by atoms with Crippen molar-refractivity contribution in [2.45, 2.75) is 149 Å². The van der Waals surface area contributed by atoms with Crippen LogP contribution < -0.4 is 41.6 Å². The van der Waals surface area contributed by atoms with Crippen LogP contribution in [-0.2, 0) is 29.3 Å². The molecule has 2 bridgehead atoms. The molecule has 2 aliphatic carbocycles. The van der Waals surface area contributed by atoms with Crippen molar-refractivity contribution in [2.24, 2.45) is 11.3 Å². The number of carbonyl (C=O) groups excluding carboxylic acids is 2. The van der Waals surface area contributed by atoms with Crippen LogP contribution in [0.4, 0.5) is 11.5 Å². The lowest BCUT2D eigenvalue weighted by atomic mass is 9.62. The number of piperidine rings is 1. The second kappa shape index (κ2) is 22.4. The monoisotopic (exact) mass is 1150 g/mol. The summed E-state index contributed by atoms with van der Waals surface area (Å²) >= 11 is 0. The molecule has 4 aromatic carbocycles. The van der Waals surface area contributed by atoms with Gasteiger partial charge >= 0.3 is 6.01 Å². The van der Waals surface area contributed by atoms with Gasteiger partial charge in [-0.05, 0) is 160 Å². The molecular formula is C66H78N14O5. The molecule has 14 rings (SSSR count). The third-order valence-corrected chi connectivity index (χ3v) is 19.1. The number of hydrogen-bond acceptors (Lipinski definition) is 14. The van der Waals surface area contributed by atoms with Crippen molar-refractivity contribution in [1.29, 1.82) is 5.41 Å². The van der Waals surface area contributed by atoms with Crippen LogP contribution in [0.3, 0.4) is 0 Å². The summed E-state index contributed by atoms with van der Waals surface area (Å²) in [5.41, 5.74) is 16.9. The number of nitrogens with zero attached hydrogens (tertiary/aromatic N) is 8. The summed E-state index contributed by atoms with van der Waals surface area (Å²) < 4.78 is 17.7. The van der Waals surface area contributed by atoms with Crippen LogP contribution in [0.25, 0.3) is 55.1 Å². The summed E-state index contributed by atoms with van der Waals surface area (Å²) in [4.78, 5) is 60.7. The smallest absolute Gasteiger partial charge is 0.319 e. The fraction of sp³-hybridized carbons (Fsp3) is 0.455. The van der Waals surface area contributed by atoms with Crippen LogP contribution in [0.2, 0.25) is 0 Å². The van der Waals surface area contributed by atoms with Gasteiger partial charge < -0.3 is 51.4 Å². The normalized spacial score (nSPS) is 20.4. The van der Waals surface area contributed by atoms with Gasteiger partial charge in [0.05, 0.1) is 5.69 Å². The largest absolute Gasteiger partial charge is 0.486 e. The number of pyridine rings is 1. The number of rotatable bonds is 17. The summed E-state index contributed by atoms with van der Waals surface area (Å²) in [5.74, 6) is 1.09. The Balaban J connectivity index is 0.00000672. The molecule has 4 atom stereocenters. The van der Waals surface area contributed by atoms with Gasteiger partial charge in [-0.25, -0.2) is 0 Å². The lowest BCUT2D eigenvalue weighted by Gasteiger charge is -2.49. The summed E-state index contributed by atoms with van der Waals surface area (Å²) in [5, 5.41) is 30.5. The Morgan fingerprint density at radius 2 is 1.75 bits per heavy atom. The standard InChI is InChI=1S/C65H74N14O5.CH4/c1-5-78-52(18-21-71-78)41-12-9-38(10-13-41)31-70-61(80)53-7-6-24-76(53)63(82)58(36(2)3)79-34-49-45-16-11-39(25-51(45)72-62(81)57(49)75-79)35-83-59-55(54-37(4)8-17-50(67)48(54)30-66)46(40-14-15-40)27-47-56(59)73-64(74-60(47)77-33-42-26-43(77)32-69-42)84-44-28-65(29-44)19-22-68-23-20-65;/h8-13,16-18,21,25,27,30,34,36,40,42-44,53,58,66,68-69H,5-7,14-15,19-20,22-24,26,28-29,31-33,35,67H2,1-4H3,(H,70,80)(H,72,81);1H4. The number of anilines is 2. The van der Waals surface area contributed by atoms with Gasteiger partial charge in [0.15, 0.2) is 11.3 Å². The van der Waals surface area contributed by atoms with Crippen LogP contribution in [0, 0.1) is 23.7 Å². The third kappa shape index (κ3) is 10.2. The Bertz CT molecular complexity index is 3960. The molecule has 7 N–H and O–H groups in total. The van der Waals surface area contributed by atoms with E-state index in [0.717, 1.165) is 139 Å². The topological polar surface area (TPSA) is 239 Å². The Labute approximate surface area is 494 Å². The van der Waals surface area contributed by atoms with Gasteiger partial charge in [-0.3, -0.25) is 23.7 Å². The molecule has 19 heteroatoms. The first-order valence-corrected chi connectivity index (χ1v) is 30.4. The van der Waals surface area contributed by atoms with Crippen LogP contribution in [0.1, 0.15) is 126 Å². The number of carbonyl (C=O) groups is 2. The van der Waals surface area contributed by atoms with E-state index in [1.165, 1.54) is 6.21 Å². The van der Waals surface area contributed by atoms with E-state index in [0.29, 0.717) is 76.8 Å². The number of H-pyrrole nitrogens is 1. The second-order valence-electron chi connectivity index (χ2n) is 24.9. The highest BCUT2D eigenvalue weighted by Crippen LogP contribution is 2.54. The quantitative estimate of drug-likeness (QED) is 0.0369. The molecule has 8 heterocycles. The molecule has 4 aliphatic heterocycles. The van der Waals surface area contributed by atoms with E-state index in [-0.39, 0.29) is 60.9 Å². The number of aromatic amines is 1. The number of benzene rings is 4. The molecule has 19 nitrogen and oxygen atoms in total. The molecule has 8 aromatic rings. The number of nitrogen functional groups attached to an aromatic ring is 1. The zero-order valence-corrected chi connectivity index (χ0v) is 48.3. The van der Waals surface area contributed by atoms with E-state index in [9.17, 15) is 14.4 Å². The van der Waals surface area contributed by atoms with E-state index in [2.05, 4.69) is 50.8 Å². The minimum absolute atomic E-state index is 0. The van der Waals surface area contributed by atoms with Gasteiger partial charge in [0, 0.05) is 102 Å². The molecule has 6 fully saturated rings. The highest BCUT2D eigenvalue weighted by molar-refractivity contribution is 6.06. The van der Waals surface area contributed by atoms with E-state index < -0.39 is 12.1 Å². The highest BCUT2D eigenvalue weighted by Gasteiger charge is 2.47. The minimum atomic E-state index is -0.767. The fourth-order valence-corrected chi connectivity index (χ4v) is 14.5. The predicted molar refractivity (Wildman–Crippen MR) is 332 cm³/mol. The molecule has 85 heavy (non-hydrogen) atoms. The summed E-state index contributed by atoms with van der Waals surface area (Å²) in [7, 11) is 0. The zero-order chi connectivity index (χ0) is 57.5. The van der Waals surface area contributed by atoms with E-state index in [1.54, 1.807) is 22.0 Å². The number of nitrogens with two attached hydrogens (primary N) is 1. The van der Waals surface area contributed by atoms with Gasteiger partial charge in [0.1, 0.15) is 36.1 Å². The van der Waals surface area contributed by atoms with Gasteiger partial charge in [-0.2, -0.15) is 20.2 Å². The lowest BCUT2D eigenvalue weighted by Crippen LogP contribution is -2.50. The van der Waals surface area contributed by atoms with Crippen LogP contribution >= 0.6 is 0 Å². The predicted octanol–water partition coefficient (Wildman–Crippen LogP) is 9.32.